The third-order valence-corrected chi connectivity index (χ3v) is 1.65. The molecule has 0 aliphatic carbocycles. The fourth-order valence-corrected chi connectivity index (χ4v) is 0.837. The van der Waals surface area contributed by atoms with Crippen molar-refractivity contribution in [1.29, 1.82) is 5.26 Å². The second kappa shape index (κ2) is 7.56. The summed E-state index contributed by atoms with van der Waals surface area (Å²) in [4.78, 5) is 12.8. The largest absolute Gasteiger partial charge is 0.381 e. The molecule has 0 aliphatic heterocycles. The van der Waals surface area contributed by atoms with E-state index in [-0.39, 0.29) is 5.91 Å². The van der Waals surface area contributed by atoms with Crippen molar-refractivity contribution in [3.8, 4) is 6.07 Å². The minimum atomic E-state index is 0.0312. The third-order valence-electron chi connectivity index (χ3n) is 1.65. The first-order chi connectivity index (χ1) is 6.22. The van der Waals surface area contributed by atoms with E-state index in [1.165, 1.54) is 0 Å². The zero-order chi connectivity index (χ0) is 10.1. The van der Waals surface area contributed by atoms with Gasteiger partial charge in [-0.3, -0.25) is 4.79 Å². The Morgan fingerprint density at radius 1 is 1.62 bits per heavy atom. The molecule has 1 amide bonds. The molecule has 0 bridgehead atoms. The standard InChI is InChI=1S/C9H16N2O2/c1-3-13-8-5-9(12)11(2)7-4-6-10/h3-5,7-8H2,1-2H3. The van der Waals surface area contributed by atoms with E-state index < -0.39 is 0 Å². The van der Waals surface area contributed by atoms with Crippen LogP contribution in [0.5, 0.6) is 0 Å². The summed E-state index contributed by atoms with van der Waals surface area (Å²) in [5.74, 6) is 0.0312. The quantitative estimate of drug-likeness (QED) is 0.573. The average molecular weight is 184 g/mol. The molecule has 0 atom stereocenters. The van der Waals surface area contributed by atoms with Gasteiger partial charge in [-0.25, -0.2) is 0 Å². The number of amides is 1. The Balaban J connectivity index is 3.52. The lowest BCUT2D eigenvalue weighted by Gasteiger charge is -2.14. The molecule has 0 fully saturated rings. The summed E-state index contributed by atoms with van der Waals surface area (Å²) < 4.78 is 5.05. The molecule has 0 aromatic carbocycles. The van der Waals surface area contributed by atoms with Gasteiger partial charge in [0.25, 0.3) is 0 Å². The fraction of sp³-hybridized carbons (Fsp3) is 0.778. The van der Waals surface area contributed by atoms with Crippen molar-refractivity contribution in [2.75, 3.05) is 26.8 Å². The summed E-state index contributed by atoms with van der Waals surface area (Å²) in [5.41, 5.74) is 0. The van der Waals surface area contributed by atoms with E-state index in [4.69, 9.17) is 10.00 Å². The Labute approximate surface area is 79.1 Å². The lowest BCUT2D eigenvalue weighted by molar-refractivity contribution is -0.130. The summed E-state index contributed by atoms with van der Waals surface area (Å²) in [7, 11) is 1.70. The molecule has 0 saturated heterocycles. The molecule has 0 heterocycles. The van der Waals surface area contributed by atoms with Crippen molar-refractivity contribution in [3.05, 3.63) is 0 Å². The molecular formula is C9H16N2O2. The molecule has 0 aromatic rings. The number of nitrogens with zero attached hydrogens (tertiary/aromatic N) is 2. The number of hydrogen-bond acceptors (Lipinski definition) is 3. The molecule has 4 nitrogen and oxygen atoms in total. The highest BCUT2D eigenvalue weighted by atomic mass is 16.5. The van der Waals surface area contributed by atoms with Gasteiger partial charge in [0.15, 0.2) is 0 Å². The molecule has 0 aliphatic rings. The van der Waals surface area contributed by atoms with Crippen molar-refractivity contribution in [1.82, 2.24) is 4.90 Å². The average Bonchev–Trinajstić information content (AvgIpc) is 2.14. The number of carbonyl (C=O) groups excluding carboxylic acids is 1. The second-order valence-electron chi connectivity index (χ2n) is 2.67. The summed E-state index contributed by atoms with van der Waals surface area (Å²) in [6.07, 6.45) is 0.784. The van der Waals surface area contributed by atoms with Crippen molar-refractivity contribution >= 4 is 5.91 Å². The molecule has 4 heteroatoms. The van der Waals surface area contributed by atoms with Crippen LogP contribution in [-0.2, 0) is 9.53 Å². The van der Waals surface area contributed by atoms with Crippen LogP contribution >= 0.6 is 0 Å². The number of ether oxygens (including phenoxy) is 1. The van der Waals surface area contributed by atoms with Crippen LogP contribution in [0.2, 0.25) is 0 Å². The van der Waals surface area contributed by atoms with Crippen LogP contribution in [-0.4, -0.2) is 37.6 Å². The Hall–Kier alpha value is -1.08. The minimum absolute atomic E-state index is 0.0312. The topological polar surface area (TPSA) is 53.3 Å². The van der Waals surface area contributed by atoms with Gasteiger partial charge in [-0.1, -0.05) is 0 Å². The predicted octanol–water partition coefficient (Wildman–Crippen LogP) is 0.785. The zero-order valence-electron chi connectivity index (χ0n) is 8.25. The molecule has 0 spiro atoms. The molecular weight excluding hydrogens is 168 g/mol. The first-order valence-corrected chi connectivity index (χ1v) is 4.41. The first-order valence-electron chi connectivity index (χ1n) is 4.41. The highest BCUT2D eigenvalue weighted by Gasteiger charge is 2.06. The normalized spacial score (nSPS) is 9.31. The third kappa shape index (κ3) is 6.12. The first kappa shape index (κ1) is 11.9. The maximum atomic E-state index is 11.3. The molecule has 0 saturated carbocycles. The monoisotopic (exact) mass is 184 g/mol. The zero-order valence-corrected chi connectivity index (χ0v) is 8.25. The van der Waals surface area contributed by atoms with E-state index in [0.717, 1.165) is 0 Å². The Bertz CT molecular complexity index is 187. The Kier molecular flexibility index (Phi) is 6.93. The maximum Gasteiger partial charge on any atom is 0.224 e. The molecule has 13 heavy (non-hydrogen) atoms. The highest BCUT2D eigenvalue weighted by Crippen LogP contribution is 1.93. The van der Waals surface area contributed by atoms with Crippen LogP contribution in [0.25, 0.3) is 0 Å². The van der Waals surface area contributed by atoms with E-state index in [9.17, 15) is 4.79 Å². The van der Waals surface area contributed by atoms with Crippen LogP contribution < -0.4 is 0 Å². The van der Waals surface area contributed by atoms with E-state index in [1.807, 2.05) is 13.0 Å². The van der Waals surface area contributed by atoms with E-state index in [2.05, 4.69) is 0 Å². The maximum absolute atomic E-state index is 11.3. The summed E-state index contributed by atoms with van der Waals surface area (Å²) in [6, 6.07) is 2.00. The van der Waals surface area contributed by atoms with Gasteiger partial charge >= 0.3 is 0 Å². The SMILES string of the molecule is CCOCCC(=O)N(C)CCC#N. The summed E-state index contributed by atoms with van der Waals surface area (Å²) >= 11 is 0. The van der Waals surface area contributed by atoms with Gasteiger partial charge in [0.05, 0.1) is 25.5 Å². The molecule has 0 N–H and O–H groups in total. The number of rotatable bonds is 6. The summed E-state index contributed by atoms with van der Waals surface area (Å²) in [6.45, 7) is 3.49. The number of nitriles is 1. The second-order valence-corrected chi connectivity index (χ2v) is 2.67. The van der Waals surface area contributed by atoms with Crippen molar-refractivity contribution in [2.45, 2.75) is 19.8 Å². The van der Waals surface area contributed by atoms with E-state index in [0.29, 0.717) is 32.6 Å². The number of hydrogen-bond donors (Lipinski definition) is 0. The molecule has 0 unspecified atom stereocenters. The number of carbonyl (C=O) groups is 1. The molecule has 0 aromatic heterocycles. The van der Waals surface area contributed by atoms with E-state index in [1.54, 1.807) is 11.9 Å². The predicted molar refractivity (Wildman–Crippen MR) is 49.0 cm³/mol. The lowest BCUT2D eigenvalue weighted by Crippen LogP contribution is -2.28. The van der Waals surface area contributed by atoms with Gasteiger partial charge in [0.1, 0.15) is 0 Å². The van der Waals surface area contributed by atoms with Crippen LogP contribution in [0.3, 0.4) is 0 Å². The van der Waals surface area contributed by atoms with Crippen molar-refractivity contribution < 1.29 is 9.53 Å². The Morgan fingerprint density at radius 3 is 2.85 bits per heavy atom. The van der Waals surface area contributed by atoms with Gasteiger partial charge in [0.2, 0.25) is 5.91 Å². The summed E-state index contributed by atoms with van der Waals surface area (Å²) in [5, 5.41) is 8.30. The van der Waals surface area contributed by atoms with Gasteiger partial charge in [-0.15, -0.1) is 0 Å². The van der Waals surface area contributed by atoms with Crippen LogP contribution in [0, 0.1) is 11.3 Å². The van der Waals surface area contributed by atoms with Crippen LogP contribution in [0.15, 0.2) is 0 Å². The lowest BCUT2D eigenvalue weighted by atomic mass is 10.3. The Morgan fingerprint density at radius 2 is 2.31 bits per heavy atom. The smallest absolute Gasteiger partial charge is 0.224 e. The minimum Gasteiger partial charge on any atom is -0.381 e. The van der Waals surface area contributed by atoms with Gasteiger partial charge in [-0.2, -0.15) is 5.26 Å². The molecule has 74 valence electrons. The highest BCUT2D eigenvalue weighted by molar-refractivity contribution is 5.75. The van der Waals surface area contributed by atoms with E-state index >= 15 is 0 Å². The van der Waals surface area contributed by atoms with Gasteiger partial charge in [-0.05, 0) is 6.92 Å². The van der Waals surface area contributed by atoms with Gasteiger partial charge in [0, 0.05) is 20.2 Å². The van der Waals surface area contributed by atoms with Crippen molar-refractivity contribution in [2.24, 2.45) is 0 Å². The molecule has 0 radical (unpaired) electrons. The van der Waals surface area contributed by atoms with Crippen molar-refractivity contribution in [3.63, 3.8) is 0 Å². The van der Waals surface area contributed by atoms with Gasteiger partial charge < -0.3 is 9.64 Å². The van der Waals surface area contributed by atoms with Crippen LogP contribution in [0.1, 0.15) is 19.8 Å². The van der Waals surface area contributed by atoms with Crippen LogP contribution in [0.4, 0.5) is 0 Å². The molecule has 0 rings (SSSR count). The fourth-order valence-electron chi connectivity index (χ4n) is 0.837.